The lowest BCUT2D eigenvalue weighted by Crippen LogP contribution is -2.28. The number of aromatic nitrogens is 1. The number of benzene rings is 2. The molecule has 1 aliphatic rings. The Hall–Kier alpha value is -2.63. The van der Waals surface area contributed by atoms with Gasteiger partial charge in [0.15, 0.2) is 0 Å². The highest BCUT2D eigenvalue weighted by molar-refractivity contribution is 6.34. The molecule has 1 aromatic heterocycles. The van der Waals surface area contributed by atoms with Crippen molar-refractivity contribution in [3.8, 4) is 0 Å². The molecule has 2 aromatic carbocycles. The lowest BCUT2D eigenvalue weighted by atomic mass is 9.82. The van der Waals surface area contributed by atoms with E-state index in [1.54, 1.807) is 24.4 Å². The van der Waals surface area contributed by atoms with Gasteiger partial charge in [-0.25, -0.2) is 0 Å². The molecule has 2 unspecified atom stereocenters. The first-order valence-electron chi connectivity index (χ1n) is 10.2. The topological polar surface area (TPSA) is 74.0 Å². The van der Waals surface area contributed by atoms with E-state index in [0.29, 0.717) is 22.6 Å². The standard InChI is InChI=1S/C24H26ClN3O2/c1-24(2,3)16-6-4-5-14(9-16)18-12-26-13-19(18)23(30)28-21-10-15-7-8-27-22(29)17(15)11-20(21)25/h4-11,18-19,26H,12-13H2,1-3H3,(H,27,29)(H,28,30). The number of rotatable bonds is 3. The maximum absolute atomic E-state index is 13.2. The van der Waals surface area contributed by atoms with Gasteiger partial charge in [0.25, 0.3) is 5.56 Å². The van der Waals surface area contributed by atoms with Crippen LogP contribution in [-0.2, 0) is 10.2 Å². The molecule has 2 heterocycles. The van der Waals surface area contributed by atoms with E-state index < -0.39 is 0 Å². The number of carbonyl (C=O) groups is 1. The molecule has 30 heavy (non-hydrogen) atoms. The summed E-state index contributed by atoms with van der Waals surface area (Å²) >= 11 is 6.37. The molecule has 0 saturated carbocycles. The molecule has 1 amide bonds. The van der Waals surface area contributed by atoms with Crippen molar-refractivity contribution in [1.82, 2.24) is 10.3 Å². The molecule has 1 aliphatic heterocycles. The van der Waals surface area contributed by atoms with E-state index in [-0.39, 0.29) is 28.7 Å². The maximum atomic E-state index is 13.2. The minimum absolute atomic E-state index is 0.0518. The molecule has 5 nitrogen and oxygen atoms in total. The molecule has 6 heteroatoms. The normalized spacial score (nSPS) is 19.2. The Bertz CT molecular complexity index is 1160. The Morgan fingerprint density at radius 3 is 2.70 bits per heavy atom. The highest BCUT2D eigenvalue weighted by atomic mass is 35.5. The zero-order chi connectivity index (χ0) is 21.5. The van der Waals surface area contributed by atoms with E-state index in [4.69, 9.17) is 11.6 Å². The second-order valence-electron chi connectivity index (χ2n) is 8.96. The van der Waals surface area contributed by atoms with Crippen LogP contribution in [0.3, 0.4) is 0 Å². The zero-order valence-corrected chi connectivity index (χ0v) is 18.1. The molecule has 0 radical (unpaired) electrons. The number of fused-ring (bicyclic) bond motifs is 1. The first-order chi connectivity index (χ1) is 14.2. The third kappa shape index (κ3) is 4.00. The summed E-state index contributed by atoms with van der Waals surface area (Å²) in [6.07, 6.45) is 1.59. The summed E-state index contributed by atoms with van der Waals surface area (Å²) in [4.78, 5) is 27.8. The molecule has 0 bridgehead atoms. The fourth-order valence-electron chi connectivity index (χ4n) is 4.07. The van der Waals surface area contributed by atoms with Crippen molar-refractivity contribution < 1.29 is 4.79 Å². The number of hydrogen-bond donors (Lipinski definition) is 3. The van der Waals surface area contributed by atoms with Crippen molar-refractivity contribution >= 4 is 34.0 Å². The van der Waals surface area contributed by atoms with Gasteiger partial charge in [-0.1, -0.05) is 56.6 Å². The minimum Gasteiger partial charge on any atom is -0.329 e. The number of carbonyl (C=O) groups excluding carboxylic acids is 1. The largest absolute Gasteiger partial charge is 0.329 e. The second-order valence-corrected chi connectivity index (χ2v) is 9.37. The molecule has 156 valence electrons. The number of nitrogens with one attached hydrogen (secondary N) is 3. The van der Waals surface area contributed by atoms with Crippen molar-refractivity contribution in [2.75, 3.05) is 18.4 Å². The van der Waals surface area contributed by atoms with Gasteiger partial charge in [0.05, 0.1) is 16.6 Å². The Morgan fingerprint density at radius 2 is 1.93 bits per heavy atom. The minimum atomic E-state index is -0.203. The van der Waals surface area contributed by atoms with Crippen molar-refractivity contribution in [1.29, 1.82) is 0 Å². The van der Waals surface area contributed by atoms with Crippen LogP contribution in [0.1, 0.15) is 37.8 Å². The number of aromatic amines is 1. The lowest BCUT2D eigenvalue weighted by molar-refractivity contribution is -0.119. The van der Waals surface area contributed by atoms with Crippen LogP contribution >= 0.6 is 11.6 Å². The van der Waals surface area contributed by atoms with E-state index in [1.165, 1.54) is 11.1 Å². The SMILES string of the molecule is CC(C)(C)c1cccc(C2CNCC2C(=O)Nc2cc3cc[nH]c(=O)c3cc2Cl)c1. The highest BCUT2D eigenvalue weighted by Crippen LogP contribution is 2.33. The second kappa shape index (κ2) is 7.89. The number of pyridine rings is 1. The van der Waals surface area contributed by atoms with Crippen LogP contribution in [0.4, 0.5) is 5.69 Å². The van der Waals surface area contributed by atoms with Gasteiger partial charge in [0.1, 0.15) is 0 Å². The predicted molar refractivity (Wildman–Crippen MR) is 122 cm³/mol. The average Bonchev–Trinajstić information content (AvgIpc) is 3.19. The molecular formula is C24H26ClN3O2. The van der Waals surface area contributed by atoms with E-state index in [0.717, 1.165) is 11.9 Å². The molecular weight excluding hydrogens is 398 g/mol. The molecule has 1 saturated heterocycles. The van der Waals surface area contributed by atoms with Gasteiger partial charge >= 0.3 is 0 Å². The third-order valence-electron chi connectivity index (χ3n) is 5.85. The maximum Gasteiger partial charge on any atom is 0.255 e. The van der Waals surface area contributed by atoms with Crippen LogP contribution in [0.5, 0.6) is 0 Å². The summed E-state index contributed by atoms with van der Waals surface area (Å²) in [5.74, 6) is -0.183. The molecule has 3 N–H and O–H groups in total. The molecule has 0 spiro atoms. The van der Waals surface area contributed by atoms with E-state index in [1.807, 2.05) is 0 Å². The summed E-state index contributed by atoms with van der Waals surface area (Å²) in [6, 6.07) is 13.7. The van der Waals surface area contributed by atoms with Crippen molar-refractivity contribution in [2.45, 2.75) is 32.1 Å². The Labute approximate surface area is 180 Å². The third-order valence-corrected chi connectivity index (χ3v) is 6.16. The first kappa shape index (κ1) is 20.6. The predicted octanol–water partition coefficient (Wildman–Crippen LogP) is 4.42. The van der Waals surface area contributed by atoms with Crippen LogP contribution in [-0.4, -0.2) is 24.0 Å². The van der Waals surface area contributed by atoms with Gasteiger partial charge in [-0.05, 0) is 40.1 Å². The summed E-state index contributed by atoms with van der Waals surface area (Å²) in [6.45, 7) is 7.94. The summed E-state index contributed by atoms with van der Waals surface area (Å²) < 4.78 is 0. The summed E-state index contributed by atoms with van der Waals surface area (Å²) in [5.41, 5.74) is 2.80. The van der Waals surface area contributed by atoms with E-state index >= 15 is 0 Å². The monoisotopic (exact) mass is 423 g/mol. The van der Waals surface area contributed by atoms with Crippen LogP contribution < -0.4 is 16.2 Å². The Kier molecular flexibility index (Phi) is 5.43. The summed E-state index contributed by atoms with van der Waals surface area (Å²) in [7, 11) is 0. The van der Waals surface area contributed by atoms with Crippen LogP contribution in [0.15, 0.2) is 53.5 Å². The fraction of sp³-hybridized carbons (Fsp3) is 0.333. The zero-order valence-electron chi connectivity index (χ0n) is 17.4. The smallest absolute Gasteiger partial charge is 0.255 e. The van der Waals surface area contributed by atoms with Gasteiger partial charge in [-0.15, -0.1) is 0 Å². The van der Waals surface area contributed by atoms with Crippen LogP contribution in [0.2, 0.25) is 5.02 Å². The highest BCUT2D eigenvalue weighted by Gasteiger charge is 2.34. The number of amides is 1. The van der Waals surface area contributed by atoms with Crippen molar-refractivity contribution in [3.05, 3.63) is 75.2 Å². The Balaban J connectivity index is 1.60. The quantitative estimate of drug-likeness (QED) is 0.583. The van der Waals surface area contributed by atoms with Crippen LogP contribution in [0.25, 0.3) is 10.8 Å². The molecule has 2 atom stereocenters. The van der Waals surface area contributed by atoms with Gasteiger partial charge in [0, 0.05) is 30.6 Å². The summed E-state index contributed by atoms with van der Waals surface area (Å²) in [5, 5.41) is 7.93. The van der Waals surface area contributed by atoms with E-state index in [2.05, 4.69) is 60.7 Å². The molecule has 3 aromatic rings. The van der Waals surface area contributed by atoms with Gasteiger partial charge in [0.2, 0.25) is 5.91 Å². The Morgan fingerprint density at radius 1 is 1.13 bits per heavy atom. The molecule has 1 fully saturated rings. The lowest BCUT2D eigenvalue weighted by Gasteiger charge is -2.23. The van der Waals surface area contributed by atoms with Gasteiger partial charge < -0.3 is 15.6 Å². The van der Waals surface area contributed by atoms with Crippen molar-refractivity contribution in [3.63, 3.8) is 0 Å². The number of H-pyrrole nitrogens is 1. The van der Waals surface area contributed by atoms with Crippen LogP contribution in [0, 0.1) is 5.92 Å². The fourth-order valence-corrected chi connectivity index (χ4v) is 4.28. The average molecular weight is 424 g/mol. The number of hydrogen-bond acceptors (Lipinski definition) is 3. The van der Waals surface area contributed by atoms with Gasteiger partial charge in [-0.3, -0.25) is 9.59 Å². The molecule has 4 rings (SSSR count). The van der Waals surface area contributed by atoms with E-state index in [9.17, 15) is 9.59 Å². The number of halogens is 1. The van der Waals surface area contributed by atoms with Crippen molar-refractivity contribution in [2.24, 2.45) is 5.92 Å². The van der Waals surface area contributed by atoms with Gasteiger partial charge in [-0.2, -0.15) is 0 Å². The molecule has 0 aliphatic carbocycles. The first-order valence-corrected chi connectivity index (χ1v) is 10.5. The number of anilines is 1.